The number of aliphatic hydroxyl groups excluding tert-OH is 6. The monoisotopic (exact) mass is 1270 g/mol. The maximum Gasteiger partial charge on any atom is 1.00 e. The molecule has 4 heterocycles. The Kier molecular flexibility index (Phi) is 27.3. The van der Waals surface area contributed by atoms with Crippen LogP contribution in [-0.2, 0) is 49.4 Å². The Morgan fingerprint density at radius 3 is 2.10 bits per heavy atom. The number of hydrogen-bond donors (Lipinski definition) is 13. The van der Waals surface area contributed by atoms with Gasteiger partial charge in [-0.1, -0.05) is 45.6 Å². The number of carbonyl (C=O) groups is 8. The van der Waals surface area contributed by atoms with E-state index in [-0.39, 0.29) is 65.3 Å². The van der Waals surface area contributed by atoms with Gasteiger partial charge in [0.15, 0.2) is 11.5 Å². The van der Waals surface area contributed by atoms with Crippen LogP contribution in [0.25, 0.3) is 0 Å². The second kappa shape index (κ2) is 33.6. The van der Waals surface area contributed by atoms with Crippen molar-refractivity contribution in [2.45, 2.75) is 177 Å². The third-order valence-electron chi connectivity index (χ3n) is 17.2. The van der Waals surface area contributed by atoms with E-state index < -0.39 is 171 Å². The third-order valence-corrected chi connectivity index (χ3v) is 17.5. The van der Waals surface area contributed by atoms with Crippen molar-refractivity contribution in [3.8, 4) is 11.5 Å². The van der Waals surface area contributed by atoms with Crippen molar-refractivity contribution in [2.75, 3.05) is 50.7 Å². The number of anilines is 1. The standard InChI is InChI=1S/C57H84N10O19S.Na/c1-4-5-6-7-32-8-13-35(14-9-32)64-18-20-65(21-19-64)36-15-11-34(12-16-36)51(76)60-39-24-37(69)27-59-55(80)49-50(75)30(2)28-67(49)57(82)48(43(73)26-45(58)74)63-54(79)47(42(72)22-33-10-17-41(71)44(23-33)84-87-86-85-83)62-53(78)40-25-38(70)29-66(40)56(81)46(31(3)68)61-52(39)77;/h10-12,15-17,23,30-32,35,37-40,42-43,46-50,68-73,75,83H,4-9,13-14,18-22,24-29H2,1-3H3,(H2,58,74)(H,59,80)(H,60,76)(H,61,77)(H,62,78)(H,63,79);/q;+1/p-1. The van der Waals surface area contributed by atoms with Gasteiger partial charge in [0.2, 0.25) is 41.4 Å². The van der Waals surface area contributed by atoms with E-state index in [0.717, 1.165) is 66.6 Å². The number of benzene rings is 2. The summed E-state index contributed by atoms with van der Waals surface area (Å²) >= 11 is 0.00348. The number of hydrogen-bond acceptors (Lipinski definition) is 22. The first-order chi connectivity index (χ1) is 41.5. The molecule has 1 aliphatic carbocycles. The summed E-state index contributed by atoms with van der Waals surface area (Å²) in [4.78, 5) is 120. The van der Waals surface area contributed by atoms with Gasteiger partial charge in [-0.15, -0.1) is 4.33 Å². The first-order valence-corrected chi connectivity index (χ1v) is 30.3. The zero-order chi connectivity index (χ0) is 63.2. The molecular weight excluding hydrogens is 1180 g/mol. The molecule has 482 valence electrons. The molecule has 29 nitrogen and oxygen atoms in total. The quantitative estimate of drug-likeness (QED) is 0.0205. The van der Waals surface area contributed by atoms with E-state index >= 15 is 0 Å². The van der Waals surface area contributed by atoms with Crippen molar-refractivity contribution in [3.05, 3.63) is 53.6 Å². The fourth-order valence-electron chi connectivity index (χ4n) is 12.3. The summed E-state index contributed by atoms with van der Waals surface area (Å²) in [7, 11) is 0. The molecule has 2 aromatic carbocycles. The van der Waals surface area contributed by atoms with Crippen LogP contribution in [0, 0.1) is 11.8 Å². The summed E-state index contributed by atoms with van der Waals surface area (Å²) in [6.07, 6.45) is -3.41. The molecular formula is C57H83N10NaO19S. The fraction of sp³-hybridized carbons (Fsp3) is 0.649. The number of β-amino-alcohol motifs (C(OH)–C–C–N with tert-alkyl or cyclic N) is 1. The zero-order valence-electron chi connectivity index (χ0n) is 49.9. The number of phenolic OH excluding ortho intramolecular Hbond substituents is 1. The molecule has 88 heavy (non-hydrogen) atoms. The van der Waals surface area contributed by atoms with Gasteiger partial charge in [-0.2, -0.15) is 0 Å². The molecule has 4 aliphatic heterocycles. The third kappa shape index (κ3) is 18.8. The Labute approximate surface area is 536 Å². The van der Waals surface area contributed by atoms with E-state index in [0.29, 0.717) is 6.04 Å². The van der Waals surface area contributed by atoms with Crippen LogP contribution in [-0.4, -0.2) is 222 Å². The number of nitrogens with one attached hydrogen (secondary N) is 5. The van der Waals surface area contributed by atoms with Crippen molar-refractivity contribution in [1.29, 1.82) is 0 Å². The van der Waals surface area contributed by atoms with E-state index in [1.165, 1.54) is 64.4 Å². The minimum absolute atomic E-state index is 0. The summed E-state index contributed by atoms with van der Waals surface area (Å²) in [5.74, 6) is -10.1. The van der Waals surface area contributed by atoms with Gasteiger partial charge in [0, 0.05) is 88.3 Å². The number of phenols is 1. The number of nitrogens with two attached hydrogens (primary N) is 1. The van der Waals surface area contributed by atoms with Crippen molar-refractivity contribution in [2.24, 2.45) is 17.6 Å². The average Bonchev–Trinajstić information content (AvgIpc) is 1.91. The van der Waals surface area contributed by atoms with E-state index in [4.69, 9.17) is 9.92 Å². The zero-order valence-corrected chi connectivity index (χ0v) is 52.8. The van der Waals surface area contributed by atoms with Crippen LogP contribution in [0.1, 0.15) is 107 Å². The molecule has 5 aliphatic rings. The summed E-state index contributed by atoms with van der Waals surface area (Å²) in [6.45, 7) is 6.52. The van der Waals surface area contributed by atoms with Gasteiger partial charge in [0.1, 0.15) is 36.3 Å². The molecule has 0 aromatic heterocycles. The van der Waals surface area contributed by atoms with Gasteiger partial charge < -0.3 is 92.2 Å². The second-order valence-corrected chi connectivity index (χ2v) is 23.9. The van der Waals surface area contributed by atoms with Crippen molar-refractivity contribution in [3.63, 3.8) is 0 Å². The number of fused-ring (bicyclic) bond motifs is 2. The van der Waals surface area contributed by atoms with Crippen LogP contribution in [0.5, 0.6) is 11.5 Å². The molecule has 2 aromatic rings. The number of unbranched alkanes of at least 4 members (excludes halogenated alkanes) is 2. The van der Waals surface area contributed by atoms with Crippen LogP contribution in [0.2, 0.25) is 0 Å². The van der Waals surface area contributed by atoms with Gasteiger partial charge in [-0.3, -0.25) is 48.3 Å². The molecule has 0 spiro atoms. The van der Waals surface area contributed by atoms with Crippen LogP contribution in [0.3, 0.4) is 0 Å². The largest absolute Gasteiger partial charge is 1.00 e. The number of amides is 8. The van der Waals surface area contributed by atoms with E-state index in [1.54, 1.807) is 24.3 Å². The second-order valence-electron chi connectivity index (χ2n) is 23.5. The predicted octanol–water partition coefficient (Wildman–Crippen LogP) is -6.35. The Morgan fingerprint density at radius 1 is 0.795 bits per heavy atom. The number of aromatic hydroxyl groups is 1. The topological polar surface area (TPSA) is 428 Å². The molecule has 0 bridgehead atoms. The Balaban J connectivity index is 0.0000124. The molecule has 0 radical (unpaired) electrons. The summed E-state index contributed by atoms with van der Waals surface area (Å²) in [6, 6.07) is -0.784. The minimum Gasteiger partial charge on any atom is -0.691 e. The first-order valence-electron chi connectivity index (χ1n) is 29.7. The van der Waals surface area contributed by atoms with Crippen molar-refractivity contribution in [1.82, 2.24) is 41.3 Å². The molecule has 31 heteroatoms. The number of primary amides is 1. The average molecular weight is 1270 g/mol. The Morgan fingerprint density at radius 2 is 1.45 bits per heavy atom. The molecule has 13 atom stereocenters. The molecule has 5 fully saturated rings. The fourth-order valence-corrected chi connectivity index (χ4v) is 12.6. The molecule has 13 unspecified atom stereocenters. The summed E-state index contributed by atoms with van der Waals surface area (Å²) < 4.78 is 9.16. The van der Waals surface area contributed by atoms with Crippen LogP contribution >= 0.6 is 12.3 Å². The van der Waals surface area contributed by atoms with Gasteiger partial charge in [-0.05, 0) is 80.5 Å². The van der Waals surface area contributed by atoms with Crippen LogP contribution in [0.15, 0.2) is 42.5 Å². The van der Waals surface area contributed by atoms with E-state index in [2.05, 4.69) is 52.7 Å². The number of rotatable bonds is 19. The Hall–Kier alpha value is -5.45. The van der Waals surface area contributed by atoms with E-state index in [9.17, 15) is 79.4 Å². The van der Waals surface area contributed by atoms with Crippen molar-refractivity contribution < 1.29 is 122 Å². The minimum atomic E-state index is -2.20. The van der Waals surface area contributed by atoms with Crippen LogP contribution < -0.4 is 76.2 Å². The van der Waals surface area contributed by atoms with Gasteiger partial charge in [-0.25, -0.2) is 0 Å². The number of piperazine rings is 1. The maximum absolute atomic E-state index is 14.7. The van der Waals surface area contributed by atoms with Crippen LogP contribution in [0.4, 0.5) is 5.69 Å². The smallest absolute Gasteiger partial charge is 0.691 e. The van der Waals surface area contributed by atoms with Gasteiger partial charge in [0.05, 0.1) is 43.0 Å². The van der Waals surface area contributed by atoms with Gasteiger partial charge >= 0.3 is 29.6 Å². The molecule has 7 rings (SSSR count). The SMILES string of the molecule is CCCCCC1CCC(N2CCN(c3ccc(C(=O)NC4CC(O)CNC(=O)C5C(O)C(C)CN5C(=O)C(C(O)CC(N)=O)NC(=O)C(C(O)Cc5ccc(O)c(OSOO[O-])c5)NC(=O)C5CC(O)CN5C(=O)C(C(C)O)NC4=O)cc3)CC2)CC1.[Na+]. The maximum atomic E-state index is 14.7. The summed E-state index contributed by atoms with van der Waals surface area (Å²) in [5, 5.41) is 104. The summed E-state index contributed by atoms with van der Waals surface area (Å²) in [5.41, 5.74) is 6.47. The molecule has 1 saturated carbocycles. The predicted molar refractivity (Wildman–Crippen MR) is 307 cm³/mol. The molecule has 8 amide bonds. The Bertz CT molecular complexity index is 2710. The number of carbonyl (C=O) groups excluding carboxylic acids is 8. The van der Waals surface area contributed by atoms with Crippen molar-refractivity contribution >= 4 is 65.3 Å². The molecule has 14 N–H and O–H groups in total. The molecule has 4 saturated heterocycles. The van der Waals surface area contributed by atoms with Gasteiger partial charge in [0.25, 0.3) is 18.2 Å². The first kappa shape index (κ1) is 71.6. The normalized spacial score (nSPS) is 29.2. The van der Waals surface area contributed by atoms with E-state index in [1.807, 2.05) is 0 Å². The number of nitrogens with zero attached hydrogens (tertiary/aromatic N) is 4. The number of aliphatic hydroxyl groups is 6.